The van der Waals surface area contributed by atoms with Crippen LogP contribution in [0.25, 0.3) is 0 Å². The summed E-state index contributed by atoms with van der Waals surface area (Å²) in [5, 5.41) is 9.89. The lowest BCUT2D eigenvalue weighted by molar-refractivity contribution is -0.258. The van der Waals surface area contributed by atoms with Crippen LogP contribution in [0.15, 0.2) is 48.5 Å². The summed E-state index contributed by atoms with van der Waals surface area (Å²) in [5.41, 5.74) is 1.70. The predicted octanol–water partition coefficient (Wildman–Crippen LogP) is 4.57. The summed E-state index contributed by atoms with van der Waals surface area (Å²) in [6, 6.07) is 10.7. The fourth-order valence-corrected chi connectivity index (χ4v) is 5.10. The molecule has 0 unspecified atom stereocenters. The van der Waals surface area contributed by atoms with Gasteiger partial charge in [0.05, 0.1) is 5.41 Å². The molecule has 2 aromatic carbocycles. The number of amides is 2. The quantitative estimate of drug-likeness (QED) is 0.580. The van der Waals surface area contributed by atoms with Gasteiger partial charge in [-0.25, -0.2) is 4.39 Å². The van der Waals surface area contributed by atoms with Gasteiger partial charge in [0.15, 0.2) is 5.60 Å². The molecule has 0 radical (unpaired) electrons. The Bertz CT molecular complexity index is 1100. The first-order chi connectivity index (χ1) is 16.4. The molecule has 0 aliphatic heterocycles. The van der Waals surface area contributed by atoms with Crippen molar-refractivity contribution in [1.29, 1.82) is 0 Å². The van der Waals surface area contributed by atoms with Crippen LogP contribution >= 0.6 is 0 Å². The van der Waals surface area contributed by atoms with E-state index in [1.54, 1.807) is 23.1 Å². The highest BCUT2D eigenvalue weighted by molar-refractivity contribution is 5.95. The van der Waals surface area contributed by atoms with Crippen LogP contribution in [0.1, 0.15) is 66.9 Å². The van der Waals surface area contributed by atoms with E-state index in [1.165, 1.54) is 18.2 Å². The SMILES string of the molecule is C[C@](O)(c1ccc(C(=O)N(C2CC2)[C@H]2CC[C@@](C(N)=O)(c3ccccc3F)CC2)cc1)C(F)(F)F. The van der Waals surface area contributed by atoms with Crippen LogP contribution in [0.5, 0.6) is 0 Å². The van der Waals surface area contributed by atoms with Crippen molar-refractivity contribution < 1.29 is 32.3 Å². The highest BCUT2D eigenvalue weighted by Crippen LogP contribution is 2.44. The van der Waals surface area contributed by atoms with Gasteiger partial charge in [0, 0.05) is 23.2 Å². The Kier molecular flexibility index (Phi) is 6.42. The number of nitrogens with zero attached hydrogens (tertiary/aromatic N) is 1. The van der Waals surface area contributed by atoms with Crippen molar-refractivity contribution in [3.63, 3.8) is 0 Å². The fraction of sp³-hybridized carbons (Fsp3) is 0.462. The first kappa shape index (κ1) is 25.2. The molecular formula is C26H28F4N2O3. The Hall–Kier alpha value is -2.94. The maximum atomic E-state index is 14.6. The highest BCUT2D eigenvalue weighted by Gasteiger charge is 2.51. The zero-order valence-electron chi connectivity index (χ0n) is 19.3. The second kappa shape index (κ2) is 8.93. The van der Waals surface area contributed by atoms with Crippen LogP contribution in [0.4, 0.5) is 17.6 Å². The van der Waals surface area contributed by atoms with E-state index in [2.05, 4.69) is 0 Å². The zero-order valence-corrected chi connectivity index (χ0v) is 19.3. The van der Waals surface area contributed by atoms with Gasteiger partial charge in [-0.05, 0) is 69.2 Å². The number of primary amides is 1. The molecule has 2 aliphatic carbocycles. The van der Waals surface area contributed by atoms with Gasteiger partial charge in [-0.15, -0.1) is 0 Å². The third-order valence-corrected chi connectivity index (χ3v) is 7.48. The van der Waals surface area contributed by atoms with Gasteiger partial charge in [0.1, 0.15) is 5.82 Å². The summed E-state index contributed by atoms with van der Waals surface area (Å²) in [6.45, 7) is 0.670. The van der Waals surface area contributed by atoms with Gasteiger partial charge in [0.25, 0.3) is 5.91 Å². The number of hydrogen-bond acceptors (Lipinski definition) is 3. The van der Waals surface area contributed by atoms with Gasteiger partial charge in [0.2, 0.25) is 5.91 Å². The molecule has 3 N–H and O–H groups in total. The van der Waals surface area contributed by atoms with E-state index in [0.29, 0.717) is 19.8 Å². The molecule has 188 valence electrons. The van der Waals surface area contributed by atoms with Crippen LogP contribution in [0, 0.1) is 5.82 Å². The van der Waals surface area contributed by atoms with Crippen LogP contribution in [-0.2, 0) is 15.8 Å². The van der Waals surface area contributed by atoms with E-state index in [1.807, 2.05) is 0 Å². The van der Waals surface area contributed by atoms with Crippen molar-refractivity contribution in [1.82, 2.24) is 4.90 Å². The minimum atomic E-state index is -4.86. The average Bonchev–Trinajstić information content (AvgIpc) is 3.64. The average molecular weight is 493 g/mol. The molecule has 1 atom stereocenters. The standard InChI is InChI=1S/C26H28F4N2O3/c1-24(35,26(28,29)30)17-8-6-16(7-9-17)22(33)32(18-10-11-18)19-12-14-25(15-13-19,23(31)34)20-4-2-3-5-21(20)27/h2-9,18-19,35H,10-15H2,1H3,(H2,31,34)/t19-,24-,25-/m0/s1. The van der Waals surface area contributed by atoms with Crippen molar-refractivity contribution >= 4 is 11.8 Å². The summed E-state index contributed by atoms with van der Waals surface area (Å²) < 4.78 is 54.0. The predicted molar refractivity (Wildman–Crippen MR) is 121 cm³/mol. The number of nitrogens with two attached hydrogens (primary N) is 1. The Labute approximate surface area is 200 Å². The topological polar surface area (TPSA) is 83.6 Å². The van der Waals surface area contributed by atoms with Gasteiger partial charge in [-0.1, -0.05) is 30.3 Å². The highest BCUT2D eigenvalue weighted by atomic mass is 19.4. The number of benzene rings is 2. The van der Waals surface area contributed by atoms with Gasteiger partial charge in [-0.2, -0.15) is 13.2 Å². The lowest BCUT2D eigenvalue weighted by Crippen LogP contribution is -2.50. The zero-order chi connectivity index (χ0) is 25.6. The molecule has 4 rings (SSSR count). The van der Waals surface area contributed by atoms with E-state index < -0.39 is 28.9 Å². The minimum Gasteiger partial charge on any atom is -0.376 e. The van der Waals surface area contributed by atoms with Crippen LogP contribution in [-0.4, -0.2) is 40.1 Å². The van der Waals surface area contributed by atoms with Crippen LogP contribution in [0.3, 0.4) is 0 Å². The second-order valence-corrected chi connectivity index (χ2v) is 9.75. The summed E-state index contributed by atoms with van der Waals surface area (Å²) >= 11 is 0. The normalized spacial score (nSPS) is 24.5. The van der Waals surface area contributed by atoms with Crippen LogP contribution in [0.2, 0.25) is 0 Å². The number of halogens is 4. The van der Waals surface area contributed by atoms with Crippen molar-refractivity contribution in [3.8, 4) is 0 Å². The summed E-state index contributed by atoms with van der Waals surface area (Å²) in [5.74, 6) is -1.40. The maximum Gasteiger partial charge on any atom is 0.421 e. The van der Waals surface area contributed by atoms with E-state index in [9.17, 15) is 32.3 Å². The molecule has 0 spiro atoms. The van der Waals surface area contributed by atoms with Crippen molar-refractivity contribution in [2.45, 2.75) is 74.7 Å². The Morgan fingerprint density at radius 1 is 0.971 bits per heavy atom. The molecule has 2 fully saturated rings. The molecule has 0 bridgehead atoms. The molecule has 9 heteroatoms. The summed E-state index contributed by atoms with van der Waals surface area (Å²) in [6.07, 6.45) is -1.75. The monoisotopic (exact) mass is 492 g/mol. The Morgan fingerprint density at radius 2 is 1.51 bits per heavy atom. The molecule has 0 saturated heterocycles. The first-order valence-electron chi connectivity index (χ1n) is 11.7. The molecule has 2 amide bonds. The van der Waals surface area contributed by atoms with Crippen molar-refractivity contribution in [2.24, 2.45) is 5.73 Å². The molecule has 0 aromatic heterocycles. The summed E-state index contributed by atoms with van der Waals surface area (Å²) in [7, 11) is 0. The summed E-state index contributed by atoms with van der Waals surface area (Å²) in [4.78, 5) is 27.6. The molecule has 5 nitrogen and oxygen atoms in total. The Morgan fingerprint density at radius 3 is 2.00 bits per heavy atom. The van der Waals surface area contributed by atoms with Gasteiger partial charge in [-0.3, -0.25) is 9.59 Å². The van der Waals surface area contributed by atoms with Crippen molar-refractivity contribution in [3.05, 3.63) is 71.0 Å². The van der Waals surface area contributed by atoms with E-state index >= 15 is 0 Å². The largest absolute Gasteiger partial charge is 0.421 e. The number of aliphatic hydroxyl groups is 1. The lowest BCUT2D eigenvalue weighted by Gasteiger charge is -2.42. The minimum absolute atomic E-state index is 0.0139. The first-order valence-corrected chi connectivity index (χ1v) is 11.7. The maximum absolute atomic E-state index is 14.6. The number of rotatable bonds is 6. The third-order valence-electron chi connectivity index (χ3n) is 7.48. The third kappa shape index (κ3) is 4.53. The molecule has 0 heterocycles. The van der Waals surface area contributed by atoms with E-state index in [0.717, 1.165) is 25.0 Å². The number of alkyl halides is 3. The smallest absolute Gasteiger partial charge is 0.376 e. The molecule has 2 aromatic rings. The van der Waals surface area contributed by atoms with E-state index in [-0.39, 0.29) is 47.5 Å². The number of carbonyl (C=O) groups excluding carboxylic acids is 2. The van der Waals surface area contributed by atoms with Crippen molar-refractivity contribution in [2.75, 3.05) is 0 Å². The second-order valence-electron chi connectivity index (χ2n) is 9.75. The van der Waals surface area contributed by atoms with E-state index in [4.69, 9.17) is 5.73 Å². The fourth-order valence-electron chi connectivity index (χ4n) is 5.10. The van der Waals surface area contributed by atoms with Crippen LogP contribution < -0.4 is 5.73 Å². The van der Waals surface area contributed by atoms with Gasteiger partial charge >= 0.3 is 6.18 Å². The molecule has 2 saturated carbocycles. The lowest BCUT2D eigenvalue weighted by atomic mass is 9.67. The molecular weight excluding hydrogens is 464 g/mol. The number of carbonyl (C=O) groups is 2. The molecule has 35 heavy (non-hydrogen) atoms. The van der Waals surface area contributed by atoms with Gasteiger partial charge < -0.3 is 15.7 Å². The molecule has 2 aliphatic rings. The Balaban J connectivity index is 1.54. The number of hydrogen-bond donors (Lipinski definition) is 2.